The van der Waals surface area contributed by atoms with Crippen LogP contribution < -0.4 is 0 Å². The zero-order valence-corrected chi connectivity index (χ0v) is 13.6. The fraction of sp³-hybridized carbons (Fsp3) is 0.333. The van der Waals surface area contributed by atoms with Crippen molar-refractivity contribution in [1.82, 2.24) is 4.90 Å². The molecule has 1 amide bonds. The number of hydrogen-bond donors (Lipinski definition) is 0. The van der Waals surface area contributed by atoms with E-state index in [1.165, 1.54) is 7.11 Å². The van der Waals surface area contributed by atoms with E-state index in [-0.39, 0.29) is 11.4 Å². The molecule has 1 heterocycles. The van der Waals surface area contributed by atoms with Gasteiger partial charge in [0.2, 0.25) is 0 Å². The molecule has 0 radical (unpaired) electrons. The molecular weight excluding hydrogens is 320 g/mol. The first-order valence-electron chi connectivity index (χ1n) is 6.28. The first kappa shape index (κ1) is 14.8. The maximum absolute atomic E-state index is 12.3. The van der Waals surface area contributed by atoms with E-state index >= 15 is 0 Å². The third-order valence-corrected chi connectivity index (χ3v) is 3.44. The van der Waals surface area contributed by atoms with E-state index < -0.39 is 0 Å². The lowest BCUT2D eigenvalue weighted by atomic mass is 9.93. The van der Waals surface area contributed by atoms with Crippen molar-refractivity contribution in [2.75, 3.05) is 7.11 Å². The Bertz CT molecular complexity index is 583. The molecule has 20 heavy (non-hydrogen) atoms. The number of benzene rings is 1. The van der Waals surface area contributed by atoms with Gasteiger partial charge in [-0.25, -0.2) is 0 Å². The van der Waals surface area contributed by atoms with Crippen LogP contribution in [-0.4, -0.2) is 29.3 Å². The van der Waals surface area contributed by atoms with Crippen LogP contribution in [0.2, 0.25) is 0 Å². The van der Waals surface area contributed by atoms with Crippen LogP contribution in [0.1, 0.15) is 26.3 Å². The van der Waals surface area contributed by atoms with Gasteiger partial charge in [0, 0.05) is 10.0 Å². The Balaban J connectivity index is 2.35. The maximum atomic E-state index is 12.3. The van der Waals surface area contributed by atoms with E-state index in [1.807, 2.05) is 51.1 Å². The number of β-lactam (4-membered cyclic amide) rings is 1. The van der Waals surface area contributed by atoms with Gasteiger partial charge in [-0.15, -0.1) is 0 Å². The molecule has 5 heteroatoms. The van der Waals surface area contributed by atoms with Crippen LogP contribution in [-0.2, 0) is 9.63 Å². The predicted octanol–water partition coefficient (Wildman–Crippen LogP) is 3.43. The molecule has 0 N–H and O–H groups in total. The third kappa shape index (κ3) is 2.77. The van der Waals surface area contributed by atoms with Crippen LogP contribution in [0.25, 0.3) is 6.08 Å². The fourth-order valence-electron chi connectivity index (χ4n) is 2.03. The summed E-state index contributed by atoms with van der Waals surface area (Å²) in [7, 11) is 1.48. The van der Waals surface area contributed by atoms with Gasteiger partial charge in [0.25, 0.3) is 5.91 Å². The van der Waals surface area contributed by atoms with E-state index in [4.69, 9.17) is 4.84 Å². The number of hydrogen-bond acceptors (Lipinski definition) is 3. The van der Waals surface area contributed by atoms with E-state index in [0.29, 0.717) is 11.4 Å². The highest BCUT2D eigenvalue weighted by Gasteiger charge is 2.45. The second kappa shape index (κ2) is 5.40. The number of amidine groups is 1. The van der Waals surface area contributed by atoms with E-state index in [1.54, 1.807) is 4.90 Å². The highest BCUT2D eigenvalue weighted by atomic mass is 79.9. The topological polar surface area (TPSA) is 41.9 Å². The van der Waals surface area contributed by atoms with Crippen molar-refractivity contribution in [2.45, 2.75) is 26.3 Å². The number of rotatable bonds is 2. The Morgan fingerprint density at radius 3 is 2.35 bits per heavy atom. The molecule has 1 aromatic carbocycles. The van der Waals surface area contributed by atoms with Crippen molar-refractivity contribution in [3.8, 4) is 0 Å². The first-order chi connectivity index (χ1) is 9.34. The molecule has 0 aliphatic carbocycles. The summed E-state index contributed by atoms with van der Waals surface area (Å²) in [5.41, 5.74) is 1.21. The molecule has 1 aliphatic heterocycles. The fourth-order valence-corrected chi connectivity index (χ4v) is 2.29. The maximum Gasteiger partial charge on any atom is 0.263 e. The largest absolute Gasteiger partial charge is 0.397 e. The molecule has 1 saturated heterocycles. The molecule has 1 fully saturated rings. The summed E-state index contributed by atoms with van der Waals surface area (Å²) in [6, 6.07) is 7.75. The molecule has 0 spiro atoms. The lowest BCUT2D eigenvalue weighted by Gasteiger charge is -2.43. The van der Waals surface area contributed by atoms with Crippen molar-refractivity contribution in [3.05, 3.63) is 39.9 Å². The van der Waals surface area contributed by atoms with E-state index in [9.17, 15) is 4.79 Å². The Morgan fingerprint density at radius 2 is 1.85 bits per heavy atom. The van der Waals surface area contributed by atoms with Gasteiger partial charge in [0.1, 0.15) is 7.11 Å². The van der Waals surface area contributed by atoms with Gasteiger partial charge < -0.3 is 4.84 Å². The van der Waals surface area contributed by atoms with Gasteiger partial charge in [-0.2, -0.15) is 0 Å². The second-order valence-corrected chi connectivity index (χ2v) is 6.43. The van der Waals surface area contributed by atoms with Gasteiger partial charge in [0.15, 0.2) is 5.84 Å². The number of halogens is 1. The molecule has 0 atom stereocenters. The monoisotopic (exact) mass is 336 g/mol. The van der Waals surface area contributed by atoms with E-state index in [0.717, 1.165) is 10.0 Å². The molecule has 0 bridgehead atoms. The van der Waals surface area contributed by atoms with Crippen LogP contribution >= 0.6 is 15.9 Å². The molecule has 2 rings (SSSR count). The standard InChI is InChI=1S/C15H17BrN2O2/c1-15(2,3)18-13(17-20-4)12(14(18)19)9-10-5-7-11(16)8-6-10/h5-9H,1-4H3. The Hall–Kier alpha value is -1.62. The average molecular weight is 337 g/mol. The summed E-state index contributed by atoms with van der Waals surface area (Å²) in [5.74, 6) is 0.545. The van der Waals surface area contributed by atoms with Crippen molar-refractivity contribution in [2.24, 2.45) is 5.16 Å². The highest BCUT2D eigenvalue weighted by Crippen LogP contribution is 2.31. The number of amides is 1. The number of carbonyl (C=O) groups is 1. The molecule has 4 nitrogen and oxygen atoms in total. The van der Waals surface area contributed by atoms with Gasteiger partial charge in [0.05, 0.1) is 5.57 Å². The minimum Gasteiger partial charge on any atom is -0.397 e. The summed E-state index contributed by atoms with van der Waals surface area (Å²) < 4.78 is 1.00. The molecule has 0 saturated carbocycles. The van der Waals surface area contributed by atoms with Crippen LogP contribution in [0.5, 0.6) is 0 Å². The van der Waals surface area contributed by atoms with Gasteiger partial charge in [-0.1, -0.05) is 33.2 Å². The Labute approximate surface area is 127 Å². The van der Waals surface area contributed by atoms with E-state index in [2.05, 4.69) is 21.1 Å². The lowest BCUT2D eigenvalue weighted by molar-refractivity contribution is -0.129. The number of carbonyl (C=O) groups excluding carboxylic acids is 1. The van der Waals surface area contributed by atoms with Gasteiger partial charge in [-0.3, -0.25) is 9.69 Å². The van der Waals surface area contributed by atoms with Crippen molar-refractivity contribution >= 4 is 33.7 Å². The SMILES string of the molecule is CON=C1C(=Cc2ccc(Br)cc2)C(=O)N1C(C)(C)C. The average Bonchev–Trinajstić information content (AvgIpc) is 2.36. The second-order valence-electron chi connectivity index (χ2n) is 5.52. The van der Waals surface area contributed by atoms with Crippen LogP contribution in [0.4, 0.5) is 0 Å². The predicted molar refractivity (Wildman–Crippen MR) is 83.2 cm³/mol. The number of nitrogens with zero attached hydrogens (tertiary/aromatic N) is 2. The summed E-state index contributed by atoms with van der Waals surface area (Å²) >= 11 is 3.39. The van der Waals surface area contributed by atoms with Crippen LogP contribution in [0.15, 0.2) is 39.5 Å². The number of likely N-dealkylation sites (tertiary alicyclic amines) is 1. The van der Waals surface area contributed by atoms with Gasteiger partial charge in [-0.05, 0) is 44.5 Å². The highest BCUT2D eigenvalue weighted by molar-refractivity contribution is 9.10. The molecule has 106 valence electrons. The molecule has 0 aromatic heterocycles. The third-order valence-electron chi connectivity index (χ3n) is 2.92. The summed E-state index contributed by atoms with van der Waals surface area (Å²) in [6.07, 6.45) is 1.83. The van der Waals surface area contributed by atoms with Gasteiger partial charge >= 0.3 is 0 Å². The zero-order valence-electron chi connectivity index (χ0n) is 12.0. The van der Waals surface area contributed by atoms with Crippen molar-refractivity contribution in [3.63, 3.8) is 0 Å². The minimum absolute atomic E-state index is 0.0313. The lowest BCUT2D eigenvalue weighted by Crippen LogP contribution is -2.60. The van der Waals surface area contributed by atoms with Crippen molar-refractivity contribution in [1.29, 1.82) is 0 Å². The molecule has 1 aromatic rings. The Kier molecular flexibility index (Phi) is 3.99. The molecular formula is C15H17BrN2O2. The van der Waals surface area contributed by atoms with Crippen LogP contribution in [0, 0.1) is 0 Å². The summed E-state index contributed by atoms with van der Waals surface area (Å²) in [4.78, 5) is 18.8. The molecule has 1 aliphatic rings. The number of oxime groups is 1. The summed E-state index contributed by atoms with van der Waals surface area (Å²) in [5, 5.41) is 3.97. The zero-order chi connectivity index (χ0) is 14.9. The quantitative estimate of drug-likeness (QED) is 0.471. The first-order valence-corrected chi connectivity index (χ1v) is 7.07. The smallest absolute Gasteiger partial charge is 0.263 e. The summed E-state index contributed by atoms with van der Waals surface area (Å²) in [6.45, 7) is 5.89. The minimum atomic E-state index is -0.314. The van der Waals surface area contributed by atoms with Crippen LogP contribution in [0.3, 0.4) is 0 Å². The molecule has 0 unspecified atom stereocenters. The Morgan fingerprint density at radius 1 is 1.25 bits per heavy atom. The normalized spacial score (nSPS) is 19.4. The van der Waals surface area contributed by atoms with Crippen molar-refractivity contribution < 1.29 is 9.63 Å².